The van der Waals surface area contributed by atoms with Gasteiger partial charge in [0, 0.05) is 17.0 Å². The second-order valence-corrected chi connectivity index (χ2v) is 11.9. The number of halogens is 3. The van der Waals surface area contributed by atoms with Gasteiger partial charge >= 0.3 is 0 Å². The van der Waals surface area contributed by atoms with Gasteiger partial charge in [-0.1, -0.05) is 18.0 Å². The van der Waals surface area contributed by atoms with E-state index in [4.69, 9.17) is 16.3 Å². The molecule has 2 saturated carbocycles. The summed E-state index contributed by atoms with van der Waals surface area (Å²) in [5.74, 6) is -1.59. The van der Waals surface area contributed by atoms with Gasteiger partial charge in [0.15, 0.2) is 21.4 Å². The Labute approximate surface area is 192 Å². The van der Waals surface area contributed by atoms with Gasteiger partial charge in [-0.25, -0.2) is 17.2 Å². The summed E-state index contributed by atoms with van der Waals surface area (Å²) in [6, 6.07) is 8.01. The molecule has 2 aromatic rings. The summed E-state index contributed by atoms with van der Waals surface area (Å²) in [5.41, 5.74) is -0.166. The smallest absolute Gasteiger partial charge is 0.188 e. The van der Waals surface area contributed by atoms with Crippen molar-refractivity contribution in [3.8, 4) is 5.75 Å². The summed E-state index contributed by atoms with van der Waals surface area (Å²) < 4.78 is 62.1. The van der Waals surface area contributed by atoms with Gasteiger partial charge in [-0.05, 0) is 81.0 Å². The molecular weight excluding hydrogens is 456 g/mol. The summed E-state index contributed by atoms with van der Waals surface area (Å²) in [6.45, 7) is 0.941. The third-order valence-electron chi connectivity index (χ3n) is 7.53. The number of sulfone groups is 1. The molecular formula is C24H26ClF2NO3S. The van der Waals surface area contributed by atoms with E-state index >= 15 is 4.39 Å². The summed E-state index contributed by atoms with van der Waals surface area (Å²) in [5, 5.41) is 4.00. The highest BCUT2D eigenvalue weighted by Crippen LogP contribution is 2.56. The standard InChI is InChI=1S/C24H26ClF2NO3S/c25-17-4-6-19(7-5-17)32(29,30)24-11-10-18(28-13-15-2-1-3-15)12-16(24)14-31-23-21(27)9-8-20(26)22(23)24/h4-9,15-16,18,28H,1-3,10-14H2/t16-,18-,24+/m1/s1. The molecule has 1 heterocycles. The molecule has 3 aliphatic rings. The molecule has 1 N–H and O–H groups in total. The van der Waals surface area contributed by atoms with Gasteiger partial charge in [0.25, 0.3) is 0 Å². The molecule has 0 bridgehead atoms. The summed E-state index contributed by atoms with van der Waals surface area (Å²) >= 11 is 5.97. The minimum atomic E-state index is -4.07. The zero-order valence-electron chi connectivity index (χ0n) is 17.6. The Morgan fingerprint density at radius 3 is 2.47 bits per heavy atom. The minimum Gasteiger partial charge on any atom is -0.490 e. The first-order valence-electron chi connectivity index (χ1n) is 11.2. The number of rotatable bonds is 5. The van der Waals surface area contributed by atoms with Crippen LogP contribution in [-0.2, 0) is 14.6 Å². The molecule has 0 radical (unpaired) electrons. The molecule has 2 aromatic carbocycles. The third-order valence-corrected chi connectivity index (χ3v) is 10.4. The van der Waals surface area contributed by atoms with E-state index in [2.05, 4.69) is 5.32 Å². The Hall–Kier alpha value is -1.70. The van der Waals surface area contributed by atoms with Crippen LogP contribution < -0.4 is 10.1 Å². The Balaban J connectivity index is 1.58. The molecule has 2 aliphatic carbocycles. The lowest BCUT2D eigenvalue weighted by Gasteiger charge is -2.49. The van der Waals surface area contributed by atoms with Gasteiger partial charge < -0.3 is 10.1 Å². The molecule has 8 heteroatoms. The quantitative estimate of drug-likeness (QED) is 0.634. The van der Waals surface area contributed by atoms with Gasteiger partial charge in [-0.15, -0.1) is 0 Å². The van der Waals surface area contributed by atoms with E-state index in [-0.39, 0.29) is 35.3 Å². The maximum Gasteiger partial charge on any atom is 0.188 e. The molecule has 0 amide bonds. The average molecular weight is 482 g/mol. The van der Waals surface area contributed by atoms with E-state index in [1.807, 2.05) is 0 Å². The molecule has 2 fully saturated rings. The van der Waals surface area contributed by atoms with Crippen molar-refractivity contribution < 1.29 is 21.9 Å². The van der Waals surface area contributed by atoms with Crippen molar-refractivity contribution >= 4 is 21.4 Å². The van der Waals surface area contributed by atoms with E-state index in [0.29, 0.717) is 23.8 Å². The highest BCUT2D eigenvalue weighted by atomic mass is 35.5. The second-order valence-electron chi connectivity index (χ2n) is 9.26. The van der Waals surface area contributed by atoms with Gasteiger partial charge in [0.05, 0.1) is 17.1 Å². The van der Waals surface area contributed by atoms with Crippen molar-refractivity contribution in [1.29, 1.82) is 0 Å². The number of nitrogens with one attached hydrogen (secondary N) is 1. The Kier molecular flexibility index (Phi) is 5.71. The Bertz CT molecular complexity index is 1120. The number of ether oxygens (including phenoxy) is 1. The van der Waals surface area contributed by atoms with Crippen LogP contribution in [0.4, 0.5) is 8.78 Å². The molecule has 0 unspecified atom stereocenters. The third kappa shape index (κ3) is 3.44. The lowest BCUT2D eigenvalue weighted by atomic mass is 9.71. The zero-order chi connectivity index (χ0) is 22.5. The molecule has 0 saturated heterocycles. The highest BCUT2D eigenvalue weighted by Gasteiger charge is 2.59. The number of hydrogen-bond donors (Lipinski definition) is 1. The van der Waals surface area contributed by atoms with E-state index in [0.717, 1.165) is 18.7 Å². The van der Waals surface area contributed by atoms with Crippen LogP contribution in [0.15, 0.2) is 41.3 Å². The molecule has 5 rings (SSSR count). The highest BCUT2D eigenvalue weighted by molar-refractivity contribution is 7.92. The lowest BCUT2D eigenvalue weighted by Crippen LogP contribution is -2.55. The van der Waals surface area contributed by atoms with Gasteiger partial charge in [0.2, 0.25) is 0 Å². The normalized spacial score (nSPS) is 27.7. The monoisotopic (exact) mass is 481 g/mol. The fraction of sp³-hybridized carbons (Fsp3) is 0.500. The fourth-order valence-electron chi connectivity index (χ4n) is 5.56. The summed E-state index contributed by atoms with van der Waals surface area (Å²) in [7, 11) is -4.07. The first-order chi connectivity index (χ1) is 15.3. The fourth-order valence-corrected chi connectivity index (χ4v) is 8.05. The van der Waals surface area contributed by atoms with Crippen LogP contribution in [0.1, 0.15) is 44.1 Å². The first-order valence-corrected chi connectivity index (χ1v) is 13.0. The van der Waals surface area contributed by atoms with Crippen LogP contribution in [0.5, 0.6) is 5.75 Å². The van der Waals surface area contributed by atoms with Crippen LogP contribution in [0.25, 0.3) is 0 Å². The largest absolute Gasteiger partial charge is 0.490 e. The van der Waals surface area contributed by atoms with E-state index in [1.54, 1.807) is 0 Å². The Morgan fingerprint density at radius 2 is 1.78 bits per heavy atom. The lowest BCUT2D eigenvalue weighted by molar-refractivity contribution is 0.105. The number of fused-ring (bicyclic) bond motifs is 3. The maximum atomic E-state index is 15.2. The van der Waals surface area contributed by atoms with Crippen LogP contribution in [0, 0.1) is 23.5 Å². The molecule has 3 atom stereocenters. The second kappa shape index (κ2) is 8.26. The predicted octanol–water partition coefficient (Wildman–Crippen LogP) is 5.24. The molecule has 0 aromatic heterocycles. The zero-order valence-corrected chi connectivity index (χ0v) is 19.2. The summed E-state index contributed by atoms with van der Waals surface area (Å²) in [6.07, 6.45) is 4.98. The first kappa shape index (κ1) is 22.1. The van der Waals surface area contributed by atoms with Crippen molar-refractivity contribution in [2.45, 2.75) is 54.2 Å². The molecule has 1 aliphatic heterocycles. The van der Waals surface area contributed by atoms with Crippen LogP contribution in [0.3, 0.4) is 0 Å². The van der Waals surface area contributed by atoms with Crippen LogP contribution in [-0.4, -0.2) is 27.6 Å². The van der Waals surface area contributed by atoms with Crippen LogP contribution in [0.2, 0.25) is 5.02 Å². The Morgan fingerprint density at radius 1 is 1.06 bits per heavy atom. The van der Waals surface area contributed by atoms with E-state index < -0.39 is 32.1 Å². The van der Waals surface area contributed by atoms with E-state index in [9.17, 15) is 12.8 Å². The van der Waals surface area contributed by atoms with Crippen molar-refractivity contribution in [1.82, 2.24) is 5.32 Å². The topological polar surface area (TPSA) is 55.4 Å². The minimum absolute atomic E-state index is 0.0296. The molecule has 32 heavy (non-hydrogen) atoms. The van der Waals surface area contributed by atoms with Gasteiger partial charge in [-0.3, -0.25) is 0 Å². The van der Waals surface area contributed by atoms with Crippen molar-refractivity contribution in [2.75, 3.05) is 13.2 Å². The molecule has 172 valence electrons. The van der Waals surface area contributed by atoms with E-state index in [1.165, 1.54) is 43.5 Å². The summed E-state index contributed by atoms with van der Waals surface area (Å²) in [4.78, 5) is 0.0595. The van der Waals surface area contributed by atoms with Gasteiger partial charge in [-0.2, -0.15) is 0 Å². The van der Waals surface area contributed by atoms with Crippen molar-refractivity contribution in [3.05, 3.63) is 58.6 Å². The van der Waals surface area contributed by atoms with Crippen LogP contribution >= 0.6 is 11.6 Å². The molecule has 4 nitrogen and oxygen atoms in total. The average Bonchev–Trinajstić information content (AvgIpc) is 2.74. The number of hydrogen-bond acceptors (Lipinski definition) is 4. The van der Waals surface area contributed by atoms with Crippen molar-refractivity contribution in [2.24, 2.45) is 11.8 Å². The SMILES string of the molecule is O=S(=O)(c1ccc(Cl)cc1)[C@@]12CC[C@@H](NCC3CCC3)C[C@@H]1COc1c(F)ccc(F)c12. The predicted molar refractivity (Wildman–Crippen MR) is 119 cm³/mol. The maximum absolute atomic E-state index is 15.2. The number of benzene rings is 2. The molecule has 0 spiro atoms. The van der Waals surface area contributed by atoms with Gasteiger partial charge in [0.1, 0.15) is 10.6 Å². The van der Waals surface area contributed by atoms with Crippen molar-refractivity contribution in [3.63, 3.8) is 0 Å².